The molecule has 0 unspecified atom stereocenters. The standard InChI is InChI=1S/C42H26N2S/c1-3-12-29(13-4-1)36-26-37(44-42(43-36)30-14-5-2-6-15-30)40-33(23-24-39-41(40)34-17-9-10-18-38(34)45-39)31-22-21-28-20-19-27-11-7-8-16-32(27)35(28)25-31/h1-26H. The summed E-state index contributed by atoms with van der Waals surface area (Å²) in [5.41, 5.74) is 7.37. The van der Waals surface area contributed by atoms with Crippen molar-refractivity contribution in [3.05, 3.63) is 158 Å². The maximum Gasteiger partial charge on any atom is 0.160 e. The second kappa shape index (κ2) is 10.5. The van der Waals surface area contributed by atoms with Gasteiger partial charge in [0.2, 0.25) is 0 Å². The highest BCUT2D eigenvalue weighted by Gasteiger charge is 2.20. The summed E-state index contributed by atoms with van der Waals surface area (Å²) in [7, 11) is 0. The lowest BCUT2D eigenvalue weighted by Gasteiger charge is -2.16. The van der Waals surface area contributed by atoms with E-state index in [0.29, 0.717) is 0 Å². The van der Waals surface area contributed by atoms with Crippen molar-refractivity contribution in [3.8, 4) is 45.0 Å². The van der Waals surface area contributed by atoms with Crippen LogP contribution < -0.4 is 0 Å². The monoisotopic (exact) mass is 590 g/mol. The van der Waals surface area contributed by atoms with Gasteiger partial charge in [-0.15, -0.1) is 11.3 Å². The van der Waals surface area contributed by atoms with E-state index >= 15 is 0 Å². The maximum atomic E-state index is 5.33. The molecule has 9 aromatic rings. The molecule has 0 fully saturated rings. The summed E-state index contributed by atoms with van der Waals surface area (Å²) in [6.45, 7) is 0. The van der Waals surface area contributed by atoms with Crippen LogP contribution in [0.4, 0.5) is 0 Å². The number of hydrogen-bond acceptors (Lipinski definition) is 3. The van der Waals surface area contributed by atoms with Crippen LogP contribution in [0.25, 0.3) is 86.7 Å². The van der Waals surface area contributed by atoms with Crippen molar-refractivity contribution in [1.29, 1.82) is 0 Å². The van der Waals surface area contributed by atoms with Gasteiger partial charge in [-0.25, -0.2) is 9.97 Å². The van der Waals surface area contributed by atoms with Crippen LogP contribution in [0.5, 0.6) is 0 Å². The summed E-state index contributed by atoms with van der Waals surface area (Å²) < 4.78 is 2.53. The molecule has 0 aliphatic heterocycles. The molecule has 0 radical (unpaired) electrons. The number of benzene rings is 7. The topological polar surface area (TPSA) is 25.8 Å². The first-order chi connectivity index (χ1) is 22.3. The Morgan fingerprint density at radius 2 is 1.04 bits per heavy atom. The van der Waals surface area contributed by atoms with Gasteiger partial charge in [-0.3, -0.25) is 0 Å². The van der Waals surface area contributed by atoms with Gasteiger partial charge in [-0.05, 0) is 56.9 Å². The lowest BCUT2D eigenvalue weighted by Crippen LogP contribution is -1.97. The quantitative estimate of drug-likeness (QED) is 0.191. The van der Waals surface area contributed by atoms with Crippen LogP contribution in [-0.4, -0.2) is 9.97 Å². The van der Waals surface area contributed by atoms with Gasteiger partial charge in [0.15, 0.2) is 5.82 Å². The molecular formula is C42H26N2S. The molecule has 210 valence electrons. The fraction of sp³-hybridized carbons (Fsp3) is 0. The molecule has 0 spiro atoms. The number of nitrogens with zero attached hydrogens (tertiary/aromatic N) is 2. The molecule has 3 heteroatoms. The highest BCUT2D eigenvalue weighted by atomic mass is 32.1. The van der Waals surface area contributed by atoms with Gasteiger partial charge < -0.3 is 0 Å². The largest absolute Gasteiger partial charge is 0.228 e. The fourth-order valence-corrected chi connectivity index (χ4v) is 7.66. The van der Waals surface area contributed by atoms with E-state index in [0.717, 1.165) is 39.5 Å². The van der Waals surface area contributed by atoms with Crippen molar-refractivity contribution >= 4 is 53.1 Å². The normalized spacial score (nSPS) is 11.6. The average Bonchev–Trinajstić information content (AvgIpc) is 3.50. The molecule has 0 aliphatic carbocycles. The number of fused-ring (bicyclic) bond motifs is 6. The first kappa shape index (κ1) is 25.8. The molecule has 2 aromatic heterocycles. The summed E-state index contributed by atoms with van der Waals surface area (Å²) >= 11 is 1.84. The van der Waals surface area contributed by atoms with Gasteiger partial charge >= 0.3 is 0 Å². The molecule has 0 saturated carbocycles. The Kier molecular flexibility index (Phi) is 6.03. The highest BCUT2D eigenvalue weighted by Crippen LogP contribution is 2.46. The Morgan fingerprint density at radius 1 is 0.400 bits per heavy atom. The summed E-state index contributed by atoms with van der Waals surface area (Å²) in [6.07, 6.45) is 0. The molecule has 7 aromatic carbocycles. The summed E-state index contributed by atoms with van der Waals surface area (Å²) in [5, 5.41) is 7.49. The minimum atomic E-state index is 0.721. The lowest BCUT2D eigenvalue weighted by atomic mass is 9.90. The van der Waals surface area contributed by atoms with E-state index in [-0.39, 0.29) is 0 Å². The van der Waals surface area contributed by atoms with Crippen molar-refractivity contribution in [2.45, 2.75) is 0 Å². The lowest BCUT2D eigenvalue weighted by molar-refractivity contribution is 1.19. The first-order valence-electron chi connectivity index (χ1n) is 15.2. The Morgan fingerprint density at radius 3 is 1.87 bits per heavy atom. The van der Waals surface area contributed by atoms with Gasteiger partial charge in [0.05, 0.1) is 11.4 Å². The average molecular weight is 591 g/mol. The molecule has 45 heavy (non-hydrogen) atoms. The number of aromatic nitrogens is 2. The Hall–Kier alpha value is -5.64. The van der Waals surface area contributed by atoms with E-state index in [2.05, 4.69) is 133 Å². The number of hydrogen-bond donors (Lipinski definition) is 0. The third-order valence-electron chi connectivity index (χ3n) is 8.68. The van der Waals surface area contributed by atoms with Crippen molar-refractivity contribution < 1.29 is 0 Å². The van der Waals surface area contributed by atoms with Crippen molar-refractivity contribution in [2.75, 3.05) is 0 Å². The van der Waals surface area contributed by atoms with E-state index in [9.17, 15) is 0 Å². The molecule has 0 bridgehead atoms. The minimum absolute atomic E-state index is 0.721. The van der Waals surface area contributed by atoms with Crippen LogP contribution in [0.15, 0.2) is 158 Å². The van der Waals surface area contributed by atoms with Crippen LogP contribution in [0.3, 0.4) is 0 Å². The van der Waals surface area contributed by atoms with Crippen LogP contribution in [-0.2, 0) is 0 Å². The van der Waals surface area contributed by atoms with Gasteiger partial charge in [0, 0.05) is 36.9 Å². The first-order valence-corrected chi connectivity index (χ1v) is 16.0. The van der Waals surface area contributed by atoms with Crippen molar-refractivity contribution in [1.82, 2.24) is 9.97 Å². The maximum absolute atomic E-state index is 5.33. The second-order valence-electron chi connectivity index (χ2n) is 11.4. The Bertz CT molecular complexity index is 2470. The Balaban J connectivity index is 1.39. The predicted octanol–water partition coefficient (Wildman–Crippen LogP) is 11.8. The molecule has 2 heterocycles. The molecule has 0 aliphatic rings. The van der Waals surface area contributed by atoms with Gasteiger partial charge in [0.25, 0.3) is 0 Å². The van der Waals surface area contributed by atoms with Crippen molar-refractivity contribution in [3.63, 3.8) is 0 Å². The molecule has 2 nitrogen and oxygen atoms in total. The predicted molar refractivity (Wildman–Crippen MR) is 192 cm³/mol. The van der Waals surface area contributed by atoms with E-state index in [1.807, 2.05) is 35.6 Å². The van der Waals surface area contributed by atoms with Crippen molar-refractivity contribution in [2.24, 2.45) is 0 Å². The van der Waals surface area contributed by atoms with Crippen LogP contribution in [0.1, 0.15) is 0 Å². The molecule has 0 amide bonds. The Labute approximate surface area is 264 Å². The fourth-order valence-electron chi connectivity index (χ4n) is 6.54. The molecule has 0 atom stereocenters. The van der Waals surface area contributed by atoms with E-state index in [4.69, 9.17) is 9.97 Å². The van der Waals surface area contributed by atoms with Crippen LogP contribution >= 0.6 is 11.3 Å². The second-order valence-corrected chi connectivity index (χ2v) is 12.5. The smallest absolute Gasteiger partial charge is 0.160 e. The zero-order chi connectivity index (χ0) is 29.7. The molecule has 9 rings (SSSR count). The van der Waals surface area contributed by atoms with Gasteiger partial charge in [-0.1, -0.05) is 133 Å². The SMILES string of the molecule is c1ccc(-c2cc(-c3c(-c4ccc5ccc6ccccc6c5c4)ccc4sc5ccccc5c34)nc(-c3ccccc3)n2)cc1. The molecular weight excluding hydrogens is 565 g/mol. The van der Waals surface area contributed by atoms with E-state index in [1.54, 1.807) is 0 Å². The van der Waals surface area contributed by atoms with Gasteiger partial charge in [-0.2, -0.15) is 0 Å². The van der Waals surface area contributed by atoms with Crippen LogP contribution in [0.2, 0.25) is 0 Å². The molecule has 0 saturated heterocycles. The third-order valence-corrected chi connectivity index (χ3v) is 9.82. The van der Waals surface area contributed by atoms with Gasteiger partial charge in [0.1, 0.15) is 0 Å². The van der Waals surface area contributed by atoms with E-state index < -0.39 is 0 Å². The van der Waals surface area contributed by atoms with E-state index in [1.165, 1.54) is 47.3 Å². The number of rotatable bonds is 4. The summed E-state index contributed by atoms with van der Waals surface area (Å²) in [6, 6.07) is 56.1. The molecule has 0 N–H and O–H groups in total. The highest BCUT2D eigenvalue weighted by molar-refractivity contribution is 7.26. The van der Waals surface area contributed by atoms with Crippen LogP contribution in [0, 0.1) is 0 Å². The summed E-state index contributed by atoms with van der Waals surface area (Å²) in [4.78, 5) is 10.4. The zero-order valence-corrected chi connectivity index (χ0v) is 25.1. The zero-order valence-electron chi connectivity index (χ0n) is 24.3. The minimum Gasteiger partial charge on any atom is -0.228 e. The summed E-state index contributed by atoms with van der Waals surface area (Å²) in [5.74, 6) is 0.721. The number of thiophene rings is 1. The third kappa shape index (κ3) is 4.40.